The third-order valence-electron chi connectivity index (χ3n) is 2.68. The number of amides is 1. The van der Waals surface area contributed by atoms with Crippen molar-refractivity contribution >= 4 is 5.91 Å². The minimum Gasteiger partial charge on any atom is -0.508 e. The molecule has 0 unspecified atom stereocenters. The van der Waals surface area contributed by atoms with E-state index in [1.54, 1.807) is 29.9 Å². The number of carbonyl (C=O) groups is 1. The molecule has 0 aliphatic rings. The minimum absolute atomic E-state index is 0.129. The van der Waals surface area contributed by atoms with Crippen molar-refractivity contribution in [3.8, 4) is 5.75 Å². The second-order valence-corrected chi connectivity index (χ2v) is 4.21. The van der Waals surface area contributed by atoms with E-state index in [9.17, 15) is 9.90 Å². The lowest BCUT2D eigenvalue weighted by Crippen LogP contribution is -2.22. The third-order valence-corrected chi connectivity index (χ3v) is 2.68. The molecule has 0 aliphatic carbocycles. The van der Waals surface area contributed by atoms with Gasteiger partial charge in [-0.1, -0.05) is 6.07 Å². The number of carbonyl (C=O) groups excluding carboxylic acids is 1. The van der Waals surface area contributed by atoms with Gasteiger partial charge in [-0.25, -0.2) is 0 Å². The molecule has 0 saturated carbocycles. The molecule has 5 heteroatoms. The van der Waals surface area contributed by atoms with E-state index in [1.807, 2.05) is 13.2 Å². The van der Waals surface area contributed by atoms with Crippen LogP contribution in [0.1, 0.15) is 21.5 Å². The Balaban J connectivity index is 2.01. The lowest BCUT2D eigenvalue weighted by molar-refractivity contribution is 0.0950. The summed E-state index contributed by atoms with van der Waals surface area (Å²) in [5.74, 6) is -0.0850. The van der Waals surface area contributed by atoms with Crippen LogP contribution in [0.2, 0.25) is 0 Å². The largest absolute Gasteiger partial charge is 0.508 e. The van der Waals surface area contributed by atoms with Gasteiger partial charge in [0.1, 0.15) is 5.75 Å². The van der Waals surface area contributed by atoms with Gasteiger partial charge >= 0.3 is 0 Å². The summed E-state index contributed by atoms with van der Waals surface area (Å²) in [6, 6.07) is 4.87. The molecule has 94 valence electrons. The van der Waals surface area contributed by atoms with Crippen LogP contribution in [0, 0.1) is 6.92 Å². The molecule has 18 heavy (non-hydrogen) atoms. The zero-order valence-corrected chi connectivity index (χ0v) is 10.3. The molecule has 0 fully saturated rings. The predicted molar refractivity (Wildman–Crippen MR) is 67.2 cm³/mol. The highest BCUT2D eigenvalue weighted by Crippen LogP contribution is 2.17. The van der Waals surface area contributed by atoms with E-state index in [-0.39, 0.29) is 11.7 Å². The Kier molecular flexibility index (Phi) is 3.32. The van der Waals surface area contributed by atoms with Crippen molar-refractivity contribution in [1.29, 1.82) is 0 Å². The Hall–Kier alpha value is -2.30. The molecule has 5 nitrogen and oxygen atoms in total. The summed E-state index contributed by atoms with van der Waals surface area (Å²) >= 11 is 0. The fourth-order valence-electron chi connectivity index (χ4n) is 1.60. The number of benzene rings is 1. The highest BCUT2D eigenvalue weighted by Gasteiger charge is 2.07. The van der Waals surface area contributed by atoms with Gasteiger partial charge in [0.05, 0.1) is 6.20 Å². The number of phenols is 1. The Morgan fingerprint density at radius 1 is 1.50 bits per heavy atom. The first-order valence-electron chi connectivity index (χ1n) is 5.61. The van der Waals surface area contributed by atoms with Gasteiger partial charge in [0, 0.05) is 30.9 Å². The van der Waals surface area contributed by atoms with E-state index in [1.165, 1.54) is 6.07 Å². The van der Waals surface area contributed by atoms with Crippen molar-refractivity contribution in [1.82, 2.24) is 15.1 Å². The number of phenolic OH excluding ortho intramolecular Hbond substituents is 1. The van der Waals surface area contributed by atoms with Crippen LogP contribution in [0.3, 0.4) is 0 Å². The zero-order valence-electron chi connectivity index (χ0n) is 10.3. The van der Waals surface area contributed by atoms with Gasteiger partial charge in [0.2, 0.25) is 0 Å². The first-order valence-corrected chi connectivity index (χ1v) is 5.61. The van der Waals surface area contributed by atoms with Gasteiger partial charge in [-0.2, -0.15) is 5.10 Å². The van der Waals surface area contributed by atoms with Crippen molar-refractivity contribution in [3.63, 3.8) is 0 Å². The topological polar surface area (TPSA) is 67.2 Å². The molecular formula is C13H15N3O2. The second kappa shape index (κ2) is 4.91. The number of hydrogen-bond donors (Lipinski definition) is 2. The van der Waals surface area contributed by atoms with Gasteiger partial charge in [0.15, 0.2) is 0 Å². The van der Waals surface area contributed by atoms with Gasteiger partial charge in [-0.15, -0.1) is 0 Å². The summed E-state index contributed by atoms with van der Waals surface area (Å²) < 4.78 is 1.68. The molecule has 1 aromatic carbocycles. The van der Waals surface area contributed by atoms with Crippen molar-refractivity contribution in [2.75, 3.05) is 0 Å². The molecular weight excluding hydrogens is 230 g/mol. The summed E-state index contributed by atoms with van der Waals surface area (Å²) in [7, 11) is 1.82. The van der Waals surface area contributed by atoms with E-state index < -0.39 is 0 Å². The molecule has 0 spiro atoms. The molecule has 0 atom stereocenters. The molecule has 1 heterocycles. The monoisotopic (exact) mass is 245 g/mol. The highest BCUT2D eigenvalue weighted by atomic mass is 16.3. The van der Waals surface area contributed by atoms with Crippen molar-refractivity contribution in [2.45, 2.75) is 13.5 Å². The number of aryl methyl sites for hydroxylation is 2. The van der Waals surface area contributed by atoms with E-state index in [0.717, 1.165) is 11.1 Å². The fourth-order valence-corrected chi connectivity index (χ4v) is 1.60. The van der Waals surface area contributed by atoms with Gasteiger partial charge in [0.25, 0.3) is 5.91 Å². The molecule has 1 aromatic heterocycles. The fraction of sp³-hybridized carbons (Fsp3) is 0.231. The van der Waals surface area contributed by atoms with Crippen molar-refractivity contribution in [3.05, 3.63) is 47.3 Å². The van der Waals surface area contributed by atoms with Gasteiger partial charge in [-0.05, 0) is 24.6 Å². The number of aromatic hydroxyl groups is 1. The van der Waals surface area contributed by atoms with E-state index in [2.05, 4.69) is 10.4 Å². The van der Waals surface area contributed by atoms with Crippen LogP contribution in [0.15, 0.2) is 30.6 Å². The van der Waals surface area contributed by atoms with Crippen molar-refractivity contribution in [2.24, 2.45) is 7.05 Å². The van der Waals surface area contributed by atoms with Crippen LogP contribution < -0.4 is 5.32 Å². The standard InChI is InChI=1S/C13H15N3O2/c1-9-3-4-11(5-12(9)17)13(18)14-6-10-7-15-16(2)8-10/h3-5,7-8,17H,6H2,1-2H3,(H,14,18). The lowest BCUT2D eigenvalue weighted by atomic mass is 10.1. The lowest BCUT2D eigenvalue weighted by Gasteiger charge is -2.05. The maximum Gasteiger partial charge on any atom is 0.251 e. The van der Waals surface area contributed by atoms with E-state index in [4.69, 9.17) is 0 Å². The summed E-state index contributed by atoms with van der Waals surface area (Å²) in [6.45, 7) is 2.20. The van der Waals surface area contributed by atoms with Gasteiger partial charge in [-0.3, -0.25) is 9.48 Å². The van der Waals surface area contributed by atoms with Crippen LogP contribution in [0.25, 0.3) is 0 Å². The second-order valence-electron chi connectivity index (χ2n) is 4.21. The zero-order chi connectivity index (χ0) is 13.1. The number of hydrogen-bond acceptors (Lipinski definition) is 3. The first-order chi connectivity index (χ1) is 8.56. The molecule has 0 bridgehead atoms. The smallest absolute Gasteiger partial charge is 0.251 e. The number of rotatable bonds is 3. The maximum absolute atomic E-state index is 11.8. The third kappa shape index (κ3) is 2.68. The molecule has 0 aliphatic heterocycles. The average Bonchev–Trinajstić information content (AvgIpc) is 2.75. The highest BCUT2D eigenvalue weighted by molar-refractivity contribution is 5.94. The normalized spacial score (nSPS) is 10.3. The van der Waals surface area contributed by atoms with E-state index >= 15 is 0 Å². The summed E-state index contributed by atoms with van der Waals surface area (Å²) in [6.07, 6.45) is 3.54. The Labute approximate surface area is 105 Å². The van der Waals surface area contributed by atoms with E-state index in [0.29, 0.717) is 12.1 Å². The number of nitrogens with one attached hydrogen (secondary N) is 1. The molecule has 0 radical (unpaired) electrons. The Morgan fingerprint density at radius 3 is 2.89 bits per heavy atom. The maximum atomic E-state index is 11.8. The summed E-state index contributed by atoms with van der Waals surface area (Å²) in [5.41, 5.74) is 2.13. The van der Waals surface area contributed by atoms with Crippen LogP contribution in [0.5, 0.6) is 5.75 Å². The molecule has 1 amide bonds. The van der Waals surface area contributed by atoms with Crippen LogP contribution in [-0.2, 0) is 13.6 Å². The van der Waals surface area contributed by atoms with Crippen LogP contribution >= 0.6 is 0 Å². The molecule has 2 N–H and O–H groups in total. The Morgan fingerprint density at radius 2 is 2.28 bits per heavy atom. The van der Waals surface area contributed by atoms with Crippen LogP contribution in [0.4, 0.5) is 0 Å². The minimum atomic E-state index is -0.214. The average molecular weight is 245 g/mol. The quantitative estimate of drug-likeness (QED) is 0.858. The summed E-state index contributed by atoms with van der Waals surface area (Å²) in [4.78, 5) is 11.8. The predicted octanol–water partition coefficient (Wildman–Crippen LogP) is 1.36. The molecule has 0 saturated heterocycles. The molecule has 2 rings (SSSR count). The van der Waals surface area contributed by atoms with Gasteiger partial charge < -0.3 is 10.4 Å². The SMILES string of the molecule is Cc1ccc(C(=O)NCc2cnn(C)c2)cc1O. The molecule has 2 aromatic rings. The number of aromatic nitrogens is 2. The summed E-state index contributed by atoms with van der Waals surface area (Å²) in [5, 5.41) is 16.3. The number of nitrogens with zero attached hydrogens (tertiary/aromatic N) is 2. The van der Waals surface area contributed by atoms with Crippen LogP contribution in [-0.4, -0.2) is 20.8 Å². The first kappa shape index (κ1) is 12.2. The Bertz CT molecular complexity index is 575. The van der Waals surface area contributed by atoms with Crippen molar-refractivity contribution < 1.29 is 9.90 Å².